The van der Waals surface area contributed by atoms with Crippen molar-refractivity contribution in [3.8, 4) is 11.5 Å². The Morgan fingerprint density at radius 1 is 1.11 bits per heavy atom. The number of rotatable bonds is 7. The van der Waals surface area contributed by atoms with E-state index in [1.54, 1.807) is 6.07 Å². The summed E-state index contributed by atoms with van der Waals surface area (Å²) in [5, 5.41) is 23.5. The van der Waals surface area contributed by atoms with Crippen LogP contribution in [0.25, 0.3) is 0 Å². The van der Waals surface area contributed by atoms with E-state index in [0.29, 0.717) is 18.6 Å². The molecule has 4 aliphatic carbocycles. The molecule has 1 saturated heterocycles. The van der Waals surface area contributed by atoms with Crippen LogP contribution in [0.2, 0.25) is 0 Å². The predicted molar refractivity (Wildman–Crippen MR) is 142 cm³/mol. The van der Waals surface area contributed by atoms with Gasteiger partial charge in [0.15, 0.2) is 11.5 Å². The third kappa shape index (κ3) is 3.61. The zero-order chi connectivity index (χ0) is 25.4. The largest absolute Gasteiger partial charge is 0.504 e. The number of hydrogen-bond donors (Lipinski definition) is 2. The van der Waals surface area contributed by atoms with E-state index >= 15 is 0 Å². The maximum absolute atomic E-state index is 13.5. The van der Waals surface area contributed by atoms with Gasteiger partial charge in [0.25, 0.3) is 0 Å². The summed E-state index contributed by atoms with van der Waals surface area (Å²) >= 11 is 0. The van der Waals surface area contributed by atoms with Crippen LogP contribution in [0.5, 0.6) is 11.5 Å². The molecule has 2 bridgehead atoms. The third-order valence-corrected chi connectivity index (χ3v) is 11.3. The Balaban J connectivity index is 1.16. The minimum absolute atomic E-state index is 0.0772. The highest BCUT2D eigenvalue weighted by Gasteiger charge is 2.73. The molecular formula is C31H44N2O4. The van der Waals surface area contributed by atoms with E-state index in [-0.39, 0.29) is 29.8 Å². The van der Waals surface area contributed by atoms with Crippen LogP contribution in [-0.2, 0) is 16.6 Å². The third-order valence-electron chi connectivity index (χ3n) is 11.3. The lowest BCUT2D eigenvalue weighted by Crippen LogP contribution is -2.78. The number of hydrogen-bond acceptors (Lipinski definition) is 5. The van der Waals surface area contributed by atoms with E-state index in [4.69, 9.17) is 4.74 Å². The number of phenolic OH excluding ortho intramolecular Hbond substituents is 1. The van der Waals surface area contributed by atoms with Gasteiger partial charge in [-0.25, -0.2) is 0 Å². The zero-order valence-electron chi connectivity index (χ0n) is 22.5. The van der Waals surface area contributed by atoms with Gasteiger partial charge < -0.3 is 19.8 Å². The number of carbonyl (C=O) groups is 1. The van der Waals surface area contributed by atoms with Crippen molar-refractivity contribution in [2.75, 3.05) is 20.1 Å². The van der Waals surface area contributed by atoms with Crippen molar-refractivity contribution in [2.24, 2.45) is 11.8 Å². The van der Waals surface area contributed by atoms with Crippen LogP contribution in [0, 0.1) is 11.8 Å². The first-order chi connectivity index (χ1) is 17.9. The Morgan fingerprint density at radius 3 is 2.70 bits per heavy atom. The first-order valence-electron chi connectivity index (χ1n) is 15.2. The van der Waals surface area contributed by atoms with Gasteiger partial charge in [-0.1, -0.05) is 38.2 Å². The average molecular weight is 509 g/mol. The Morgan fingerprint density at radius 2 is 1.92 bits per heavy atom. The lowest BCUT2D eigenvalue weighted by molar-refractivity contribution is -0.200. The maximum Gasteiger partial charge on any atom is 0.222 e. The van der Waals surface area contributed by atoms with E-state index in [0.717, 1.165) is 62.6 Å². The van der Waals surface area contributed by atoms with Crippen molar-refractivity contribution in [2.45, 2.75) is 119 Å². The van der Waals surface area contributed by atoms with Crippen LogP contribution in [0.15, 0.2) is 12.1 Å². The molecule has 1 aromatic rings. The first-order valence-corrected chi connectivity index (χ1v) is 15.2. The molecule has 7 rings (SSSR count). The van der Waals surface area contributed by atoms with Crippen LogP contribution in [0.3, 0.4) is 0 Å². The van der Waals surface area contributed by atoms with Crippen LogP contribution in [0.4, 0.5) is 0 Å². The van der Waals surface area contributed by atoms with Gasteiger partial charge in [0.1, 0.15) is 6.10 Å². The summed E-state index contributed by atoms with van der Waals surface area (Å²) in [6.45, 7) is 2.03. The quantitative estimate of drug-likeness (QED) is 0.566. The van der Waals surface area contributed by atoms with Gasteiger partial charge in [0, 0.05) is 31.6 Å². The number of carbonyl (C=O) groups excluding carboxylic acids is 1. The summed E-state index contributed by atoms with van der Waals surface area (Å²) in [6, 6.07) is 3.81. The number of nitrogens with zero attached hydrogens (tertiary/aromatic N) is 2. The Kier molecular flexibility index (Phi) is 5.82. The van der Waals surface area contributed by atoms with Crippen LogP contribution < -0.4 is 4.74 Å². The van der Waals surface area contributed by atoms with Crippen LogP contribution in [-0.4, -0.2) is 69.8 Å². The highest BCUT2D eigenvalue weighted by atomic mass is 16.5. The van der Waals surface area contributed by atoms with Crippen molar-refractivity contribution >= 4 is 5.91 Å². The fourth-order valence-electron chi connectivity index (χ4n) is 9.23. The van der Waals surface area contributed by atoms with E-state index in [9.17, 15) is 15.0 Å². The number of likely N-dealkylation sites (N-methyl/N-ethyl adjacent to an activating group) is 1. The molecular weight excluding hydrogens is 464 g/mol. The summed E-state index contributed by atoms with van der Waals surface area (Å²) in [4.78, 5) is 18.0. The van der Waals surface area contributed by atoms with Crippen molar-refractivity contribution in [1.82, 2.24) is 9.80 Å². The number of likely N-dealkylation sites (tertiary alicyclic amines) is 1. The second-order valence-electron chi connectivity index (χ2n) is 13.3. The number of ether oxygens (including phenoxy) is 1. The maximum atomic E-state index is 13.5. The van der Waals surface area contributed by atoms with Crippen LogP contribution in [0.1, 0.15) is 94.6 Å². The predicted octanol–water partition coefficient (Wildman–Crippen LogP) is 4.53. The van der Waals surface area contributed by atoms with Crippen LogP contribution >= 0.6 is 0 Å². The van der Waals surface area contributed by atoms with Gasteiger partial charge in [0.2, 0.25) is 5.91 Å². The number of benzene rings is 1. The van der Waals surface area contributed by atoms with Gasteiger partial charge in [-0.2, -0.15) is 0 Å². The van der Waals surface area contributed by atoms with E-state index in [1.807, 2.05) is 11.9 Å². The molecule has 5 atom stereocenters. The fraction of sp³-hybridized carbons (Fsp3) is 0.774. The molecule has 1 aromatic carbocycles. The number of aromatic hydroxyl groups is 1. The van der Waals surface area contributed by atoms with Crippen molar-refractivity contribution in [3.63, 3.8) is 0 Å². The molecule has 2 N–H and O–H groups in total. The van der Waals surface area contributed by atoms with Gasteiger partial charge in [0.05, 0.1) is 17.1 Å². The SMILES string of the molecule is CN(C(=O)CCCC1CCCCC1)[C@@H]1CC[C@@]2(O)[C@H]3Cc4ccc(O)c5c4[C@@]2(CCN3CC2CC2)[C@H]1O5. The number of aliphatic hydroxyl groups is 1. The number of piperidine rings is 1. The monoisotopic (exact) mass is 508 g/mol. The Bertz CT molecular complexity index is 1070. The van der Waals surface area contributed by atoms with E-state index in [1.165, 1.54) is 50.5 Å². The standard InChI is InChI=1S/C31H44N2O4/c1-32(26(35)9-5-8-20-6-3-2-4-7-20)23-14-15-31(36)25-18-22-12-13-24(34)28-27(22)30(31,29(23)37-28)16-17-33(25)19-21-10-11-21/h12-13,20-21,23,25,29,34,36H,2-11,14-19H2,1H3/t23-,25-,29+,30+,31-/m1/s1. The van der Waals surface area contributed by atoms with Gasteiger partial charge in [-0.3, -0.25) is 9.69 Å². The topological polar surface area (TPSA) is 73.2 Å². The average Bonchev–Trinajstić information content (AvgIpc) is 3.64. The molecule has 1 amide bonds. The minimum Gasteiger partial charge on any atom is -0.504 e. The highest BCUT2D eigenvalue weighted by Crippen LogP contribution is 2.66. The highest BCUT2D eigenvalue weighted by molar-refractivity contribution is 5.76. The van der Waals surface area contributed by atoms with E-state index in [2.05, 4.69) is 11.0 Å². The molecule has 6 nitrogen and oxygen atoms in total. The molecule has 0 radical (unpaired) electrons. The van der Waals surface area contributed by atoms with Crippen molar-refractivity contribution in [1.29, 1.82) is 0 Å². The summed E-state index contributed by atoms with van der Waals surface area (Å²) in [5.41, 5.74) is 0.815. The van der Waals surface area contributed by atoms with Crippen molar-refractivity contribution < 1.29 is 19.7 Å². The van der Waals surface area contributed by atoms with E-state index < -0.39 is 11.0 Å². The lowest BCUT2D eigenvalue weighted by atomic mass is 9.48. The second-order valence-corrected chi connectivity index (χ2v) is 13.3. The molecule has 37 heavy (non-hydrogen) atoms. The molecule has 6 heteroatoms. The minimum atomic E-state index is -0.891. The summed E-state index contributed by atoms with van der Waals surface area (Å²) < 4.78 is 6.66. The summed E-state index contributed by atoms with van der Waals surface area (Å²) in [7, 11) is 1.95. The molecule has 3 saturated carbocycles. The Hall–Kier alpha value is -1.79. The van der Waals surface area contributed by atoms with Gasteiger partial charge in [-0.05, 0) is 81.4 Å². The molecule has 0 unspecified atom stereocenters. The number of phenols is 1. The molecule has 2 aliphatic heterocycles. The van der Waals surface area contributed by atoms with Gasteiger partial charge >= 0.3 is 0 Å². The van der Waals surface area contributed by atoms with Crippen molar-refractivity contribution in [3.05, 3.63) is 23.3 Å². The molecule has 4 fully saturated rings. The summed E-state index contributed by atoms with van der Waals surface area (Å²) in [5.74, 6) is 2.51. The smallest absolute Gasteiger partial charge is 0.222 e. The molecule has 1 spiro atoms. The van der Waals surface area contributed by atoms with Gasteiger partial charge in [-0.15, -0.1) is 0 Å². The second kappa shape index (κ2) is 8.87. The fourth-order valence-corrected chi connectivity index (χ4v) is 9.23. The zero-order valence-corrected chi connectivity index (χ0v) is 22.5. The molecule has 0 aromatic heterocycles. The molecule has 6 aliphatic rings. The first kappa shape index (κ1) is 24.3. The summed E-state index contributed by atoms with van der Waals surface area (Å²) in [6.07, 6.45) is 14.8. The molecule has 202 valence electrons. The number of amides is 1. The molecule has 2 heterocycles. The lowest BCUT2D eigenvalue weighted by Gasteiger charge is -2.64. The normalized spacial score (nSPS) is 36.6. The Labute approximate surface area is 221 Å².